The van der Waals surface area contributed by atoms with E-state index in [9.17, 15) is 8.42 Å². The first-order valence-electron chi connectivity index (χ1n) is 2.80. The van der Waals surface area contributed by atoms with Crippen LogP contribution in [0.5, 0.6) is 0 Å². The van der Waals surface area contributed by atoms with E-state index >= 15 is 0 Å². The predicted molar refractivity (Wildman–Crippen MR) is 39.5 cm³/mol. The van der Waals surface area contributed by atoms with Crippen molar-refractivity contribution in [3.8, 4) is 0 Å². The van der Waals surface area contributed by atoms with E-state index in [2.05, 4.69) is 0 Å². The average molecular weight is 188 g/mol. The first-order chi connectivity index (χ1) is 4.49. The Bertz CT molecular complexity index is 175. The van der Waals surface area contributed by atoms with Crippen molar-refractivity contribution < 1.29 is 13.0 Å². The maximum Gasteiger partial charge on any atom is 0.333 e. The summed E-state index contributed by atoms with van der Waals surface area (Å²) in [6.45, 7) is 1.77. The maximum absolute atomic E-state index is 10.1. The smallest absolute Gasteiger partial charge is 0.273 e. The average Bonchev–Trinajstić information content (AvgIpc) is 1.81. The standard InChI is InChI=1S/C4H10ClNO3S/c1-2-4(3-5)6-10(7,8)9/h4,6H,2-3H2,1H3,(H,7,8,9). The fourth-order valence-electron chi connectivity index (χ4n) is 0.435. The molecule has 0 heterocycles. The van der Waals surface area contributed by atoms with Crippen molar-refractivity contribution in [2.45, 2.75) is 19.4 Å². The molecule has 62 valence electrons. The molecule has 6 heteroatoms. The van der Waals surface area contributed by atoms with Gasteiger partial charge in [0.05, 0.1) is 0 Å². The van der Waals surface area contributed by atoms with Gasteiger partial charge in [0.2, 0.25) is 0 Å². The number of halogens is 1. The van der Waals surface area contributed by atoms with Crippen LogP contribution in [0.4, 0.5) is 0 Å². The Labute approximate surface area is 65.5 Å². The molecule has 0 aliphatic rings. The molecular weight excluding hydrogens is 178 g/mol. The van der Waals surface area contributed by atoms with Gasteiger partial charge in [-0.05, 0) is 6.42 Å². The van der Waals surface area contributed by atoms with Crippen molar-refractivity contribution in [2.24, 2.45) is 0 Å². The lowest BCUT2D eigenvalue weighted by Gasteiger charge is -2.09. The Morgan fingerprint density at radius 3 is 2.30 bits per heavy atom. The van der Waals surface area contributed by atoms with Crippen LogP contribution in [0.15, 0.2) is 0 Å². The van der Waals surface area contributed by atoms with Gasteiger partial charge in [-0.15, -0.1) is 11.6 Å². The largest absolute Gasteiger partial charge is 0.333 e. The van der Waals surface area contributed by atoms with Gasteiger partial charge < -0.3 is 0 Å². The summed E-state index contributed by atoms with van der Waals surface area (Å²) in [5.74, 6) is 0.163. The minimum absolute atomic E-state index is 0.163. The molecule has 1 atom stereocenters. The van der Waals surface area contributed by atoms with Crippen LogP contribution in [-0.4, -0.2) is 24.9 Å². The molecule has 0 radical (unpaired) electrons. The molecule has 0 aliphatic carbocycles. The third-order valence-corrected chi connectivity index (χ3v) is 2.00. The first-order valence-corrected chi connectivity index (χ1v) is 4.77. The zero-order valence-electron chi connectivity index (χ0n) is 5.54. The molecule has 1 unspecified atom stereocenters. The van der Waals surface area contributed by atoms with Crippen LogP contribution in [-0.2, 0) is 10.3 Å². The van der Waals surface area contributed by atoms with Crippen molar-refractivity contribution >= 4 is 21.9 Å². The van der Waals surface area contributed by atoms with E-state index in [1.54, 1.807) is 6.92 Å². The zero-order valence-corrected chi connectivity index (χ0v) is 7.11. The van der Waals surface area contributed by atoms with Gasteiger partial charge in [-0.1, -0.05) is 6.92 Å². The highest BCUT2D eigenvalue weighted by Crippen LogP contribution is 1.94. The fourth-order valence-corrected chi connectivity index (χ4v) is 1.49. The minimum Gasteiger partial charge on any atom is -0.273 e. The van der Waals surface area contributed by atoms with Gasteiger partial charge in [0.1, 0.15) is 0 Å². The summed E-state index contributed by atoms with van der Waals surface area (Å²) in [6.07, 6.45) is 0.559. The van der Waals surface area contributed by atoms with Crippen molar-refractivity contribution in [3.05, 3.63) is 0 Å². The van der Waals surface area contributed by atoms with Gasteiger partial charge in [-0.25, -0.2) is 0 Å². The number of hydrogen-bond acceptors (Lipinski definition) is 2. The molecule has 0 aromatic carbocycles. The highest BCUT2D eigenvalue weighted by molar-refractivity contribution is 7.83. The van der Waals surface area contributed by atoms with Gasteiger partial charge in [0, 0.05) is 11.9 Å². The molecule has 0 aromatic rings. The lowest BCUT2D eigenvalue weighted by atomic mass is 10.3. The molecule has 0 saturated heterocycles. The molecule has 0 spiro atoms. The maximum atomic E-state index is 10.1. The van der Waals surface area contributed by atoms with Crippen molar-refractivity contribution in [1.29, 1.82) is 0 Å². The minimum atomic E-state index is -4.08. The van der Waals surface area contributed by atoms with Gasteiger partial charge >= 0.3 is 10.3 Å². The van der Waals surface area contributed by atoms with E-state index in [1.165, 1.54) is 0 Å². The van der Waals surface area contributed by atoms with Crippen molar-refractivity contribution in [3.63, 3.8) is 0 Å². The quantitative estimate of drug-likeness (QED) is 0.495. The van der Waals surface area contributed by atoms with Crippen LogP contribution in [0.1, 0.15) is 13.3 Å². The number of rotatable bonds is 4. The number of hydrogen-bond donors (Lipinski definition) is 2. The van der Waals surface area contributed by atoms with E-state index in [0.717, 1.165) is 0 Å². The third-order valence-electron chi connectivity index (χ3n) is 0.995. The summed E-state index contributed by atoms with van der Waals surface area (Å²) >= 11 is 5.34. The van der Waals surface area contributed by atoms with Gasteiger partial charge in [-0.2, -0.15) is 13.1 Å². The Hall–Kier alpha value is 0.160. The molecule has 10 heavy (non-hydrogen) atoms. The van der Waals surface area contributed by atoms with E-state index in [-0.39, 0.29) is 11.9 Å². The summed E-state index contributed by atoms with van der Waals surface area (Å²) in [6, 6.07) is -0.378. The molecule has 0 saturated carbocycles. The van der Waals surface area contributed by atoms with Crippen molar-refractivity contribution in [2.75, 3.05) is 5.88 Å². The predicted octanol–water partition coefficient (Wildman–Crippen LogP) is 0.396. The molecular formula is C4H10ClNO3S. The summed E-state index contributed by atoms with van der Waals surface area (Å²) in [5.41, 5.74) is 0. The van der Waals surface area contributed by atoms with Crippen LogP contribution in [0.25, 0.3) is 0 Å². The van der Waals surface area contributed by atoms with E-state index in [1.807, 2.05) is 4.72 Å². The second-order valence-corrected chi connectivity index (χ2v) is 3.35. The lowest BCUT2D eigenvalue weighted by Crippen LogP contribution is -2.34. The summed E-state index contributed by atoms with van der Waals surface area (Å²) < 4.78 is 30.5. The lowest BCUT2D eigenvalue weighted by molar-refractivity contribution is 0.454. The normalized spacial score (nSPS) is 15.1. The Balaban J connectivity index is 3.87. The second kappa shape index (κ2) is 4.12. The van der Waals surface area contributed by atoms with Gasteiger partial charge in [0.15, 0.2) is 0 Å². The fraction of sp³-hybridized carbons (Fsp3) is 1.00. The zero-order chi connectivity index (χ0) is 8.20. The highest BCUT2D eigenvalue weighted by atomic mass is 35.5. The van der Waals surface area contributed by atoms with Gasteiger partial charge in [0.25, 0.3) is 0 Å². The van der Waals surface area contributed by atoms with Crippen LogP contribution < -0.4 is 4.72 Å². The number of nitrogens with one attached hydrogen (secondary N) is 1. The molecule has 0 amide bonds. The second-order valence-electron chi connectivity index (χ2n) is 1.85. The molecule has 0 aromatic heterocycles. The van der Waals surface area contributed by atoms with Crippen LogP contribution in [0.3, 0.4) is 0 Å². The monoisotopic (exact) mass is 187 g/mol. The highest BCUT2D eigenvalue weighted by Gasteiger charge is 2.10. The Morgan fingerprint density at radius 2 is 2.20 bits per heavy atom. The van der Waals surface area contributed by atoms with Crippen LogP contribution in [0.2, 0.25) is 0 Å². The molecule has 0 fully saturated rings. The molecule has 0 aliphatic heterocycles. The van der Waals surface area contributed by atoms with Gasteiger partial charge in [-0.3, -0.25) is 4.55 Å². The first kappa shape index (κ1) is 10.2. The van der Waals surface area contributed by atoms with Crippen LogP contribution in [0, 0.1) is 0 Å². The molecule has 0 bridgehead atoms. The SMILES string of the molecule is CCC(CCl)NS(=O)(=O)O. The summed E-state index contributed by atoms with van der Waals surface area (Å²) in [7, 11) is -4.08. The number of alkyl halides is 1. The molecule has 2 N–H and O–H groups in total. The van der Waals surface area contributed by atoms with Crippen LogP contribution >= 0.6 is 11.6 Å². The van der Waals surface area contributed by atoms with E-state index in [0.29, 0.717) is 6.42 Å². The molecule has 0 rings (SSSR count). The van der Waals surface area contributed by atoms with E-state index < -0.39 is 10.3 Å². The Kier molecular flexibility index (Phi) is 4.19. The Morgan fingerprint density at radius 1 is 1.70 bits per heavy atom. The summed E-state index contributed by atoms with van der Waals surface area (Å²) in [5, 5.41) is 0. The molecule has 4 nitrogen and oxygen atoms in total. The summed E-state index contributed by atoms with van der Waals surface area (Å²) in [4.78, 5) is 0. The third kappa shape index (κ3) is 4.99. The van der Waals surface area contributed by atoms with Crippen molar-refractivity contribution in [1.82, 2.24) is 4.72 Å². The topological polar surface area (TPSA) is 66.4 Å². The van der Waals surface area contributed by atoms with E-state index in [4.69, 9.17) is 16.2 Å².